The minimum Gasteiger partial charge on any atom is -0.392 e. The van der Waals surface area contributed by atoms with Gasteiger partial charge in [0.25, 0.3) is 0 Å². The Morgan fingerprint density at radius 1 is 1.05 bits per heavy atom. The van der Waals surface area contributed by atoms with E-state index in [1.807, 2.05) is 39.0 Å². The van der Waals surface area contributed by atoms with Crippen LogP contribution in [0, 0.1) is 12.8 Å². The first-order chi connectivity index (χ1) is 18.0. The van der Waals surface area contributed by atoms with Gasteiger partial charge in [-0.2, -0.15) is 0 Å². The number of aliphatic hydroxyl groups is 1. The molecule has 7 heteroatoms. The SMILES string of the molecule is CC(C)(C)NC=O.CC(CC(O)CN1CCNCC1)C(N)=O.Cc1ccccc1.c1ccc2c(c1)CCC2. The summed E-state index contributed by atoms with van der Waals surface area (Å²) in [6.45, 7) is 14.1. The van der Waals surface area contributed by atoms with Crippen molar-refractivity contribution in [2.24, 2.45) is 11.7 Å². The first-order valence-electron chi connectivity index (χ1n) is 13.7. The van der Waals surface area contributed by atoms with E-state index in [1.54, 1.807) is 18.1 Å². The molecular formula is C31H50N4O3. The lowest BCUT2D eigenvalue weighted by molar-refractivity contribution is -0.122. The van der Waals surface area contributed by atoms with Gasteiger partial charge in [0, 0.05) is 44.2 Å². The Hall–Kier alpha value is -2.74. The van der Waals surface area contributed by atoms with Crippen molar-refractivity contribution in [3.05, 3.63) is 71.3 Å². The maximum atomic E-state index is 10.8. The van der Waals surface area contributed by atoms with Gasteiger partial charge in [-0.05, 0) is 64.5 Å². The molecule has 1 saturated heterocycles. The summed E-state index contributed by atoms with van der Waals surface area (Å²) in [5, 5.41) is 15.6. The number of aliphatic hydroxyl groups excluding tert-OH is 1. The van der Waals surface area contributed by atoms with Gasteiger partial charge in [-0.25, -0.2) is 0 Å². The van der Waals surface area contributed by atoms with Crippen molar-refractivity contribution in [1.29, 1.82) is 0 Å². The largest absolute Gasteiger partial charge is 0.392 e. The zero-order valence-electron chi connectivity index (χ0n) is 24.1. The predicted molar refractivity (Wildman–Crippen MR) is 157 cm³/mol. The van der Waals surface area contributed by atoms with Crippen LogP contribution in [0.15, 0.2) is 54.6 Å². The van der Waals surface area contributed by atoms with Gasteiger partial charge < -0.3 is 21.5 Å². The third-order valence-corrected chi connectivity index (χ3v) is 6.23. The lowest BCUT2D eigenvalue weighted by atomic mass is 10.0. The molecule has 1 aliphatic carbocycles. The molecule has 0 radical (unpaired) electrons. The summed E-state index contributed by atoms with van der Waals surface area (Å²) in [6, 6.07) is 19.0. The Labute approximate surface area is 230 Å². The second-order valence-electron chi connectivity index (χ2n) is 11.0. The monoisotopic (exact) mass is 526 g/mol. The lowest BCUT2D eigenvalue weighted by Crippen LogP contribution is -2.46. The number of nitrogens with zero attached hydrogens (tertiary/aromatic N) is 1. The number of hydrogen-bond donors (Lipinski definition) is 4. The summed E-state index contributed by atoms with van der Waals surface area (Å²) in [6.07, 6.45) is 4.68. The van der Waals surface area contributed by atoms with Crippen LogP contribution in [0.4, 0.5) is 0 Å². The molecule has 2 amide bonds. The Kier molecular flexibility index (Phi) is 16.2. The van der Waals surface area contributed by atoms with Crippen LogP contribution < -0.4 is 16.4 Å². The molecule has 38 heavy (non-hydrogen) atoms. The van der Waals surface area contributed by atoms with Gasteiger partial charge in [-0.15, -0.1) is 0 Å². The first kappa shape index (κ1) is 33.3. The summed E-state index contributed by atoms with van der Waals surface area (Å²) in [7, 11) is 0. The van der Waals surface area contributed by atoms with Gasteiger partial charge in [-0.1, -0.05) is 67.1 Å². The van der Waals surface area contributed by atoms with E-state index in [4.69, 9.17) is 5.73 Å². The first-order valence-corrected chi connectivity index (χ1v) is 13.7. The summed E-state index contributed by atoms with van der Waals surface area (Å²) in [5.74, 6) is -0.586. The number of aryl methyl sites for hydroxylation is 3. The number of fused-ring (bicyclic) bond motifs is 1. The molecule has 1 fully saturated rings. The lowest BCUT2D eigenvalue weighted by Gasteiger charge is -2.29. The fourth-order valence-corrected chi connectivity index (χ4v) is 4.02. The molecule has 1 heterocycles. The van der Waals surface area contributed by atoms with Crippen LogP contribution in [0.25, 0.3) is 0 Å². The Balaban J connectivity index is 0.000000269. The van der Waals surface area contributed by atoms with Crippen molar-refractivity contribution < 1.29 is 14.7 Å². The number of carbonyl (C=O) groups excluding carboxylic acids is 2. The molecular weight excluding hydrogens is 476 g/mol. The average Bonchev–Trinajstić information content (AvgIpc) is 3.34. The molecule has 4 rings (SSSR count). The molecule has 212 valence electrons. The van der Waals surface area contributed by atoms with E-state index in [0.717, 1.165) is 26.2 Å². The van der Waals surface area contributed by atoms with Gasteiger partial charge >= 0.3 is 0 Å². The third-order valence-electron chi connectivity index (χ3n) is 6.23. The van der Waals surface area contributed by atoms with Crippen LogP contribution >= 0.6 is 0 Å². The molecule has 0 aromatic heterocycles. The van der Waals surface area contributed by atoms with E-state index in [0.29, 0.717) is 19.4 Å². The molecule has 0 spiro atoms. The molecule has 2 aromatic carbocycles. The maximum Gasteiger partial charge on any atom is 0.220 e. The third kappa shape index (κ3) is 16.2. The van der Waals surface area contributed by atoms with Crippen molar-refractivity contribution in [2.45, 2.75) is 71.9 Å². The van der Waals surface area contributed by atoms with E-state index >= 15 is 0 Å². The van der Waals surface area contributed by atoms with Gasteiger partial charge in [0.2, 0.25) is 12.3 Å². The van der Waals surface area contributed by atoms with Crippen molar-refractivity contribution in [3.63, 3.8) is 0 Å². The van der Waals surface area contributed by atoms with Crippen molar-refractivity contribution >= 4 is 12.3 Å². The average molecular weight is 527 g/mol. The second-order valence-corrected chi connectivity index (χ2v) is 11.0. The molecule has 2 aromatic rings. The summed E-state index contributed by atoms with van der Waals surface area (Å²) >= 11 is 0. The number of benzene rings is 2. The van der Waals surface area contributed by atoms with Crippen LogP contribution in [0.3, 0.4) is 0 Å². The molecule has 2 aliphatic rings. The highest BCUT2D eigenvalue weighted by Gasteiger charge is 2.18. The standard InChI is InChI=1S/C10H21N3O2.C9H10.C7H8.C5H11NO/c1-8(10(11)15)6-9(14)7-13-4-2-12-3-5-13;1-2-5-9-7-3-6-8(9)4-1;1-7-5-3-2-4-6-7;1-5(2,3)6-4-7/h8-9,12,14H,2-7H2,1H3,(H2,11,15);1-2,4-5H,3,6-7H2;2-6H,1H3;4H,1-3H3,(H,6,7). The Bertz CT molecular complexity index is 886. The molecule has 2 atom stereocenters. The summed E-state index contributed by atoms with van der Waals surface area (Å²) in [4.78, 5) is 22.7. The normalized spacial score (nSPS) is 16.1. The zero-order valence-corrected chi connectivity index (χ0v) is 24.1. The Morgan fingerprint density at radius 2 is 1.58 bits per heavy atom. The van der Waals surface area contributed by atoms with Gasteiger partial charge in [-0.3, -0.25) is 14.5 Å². The van der Waals surface area contributed by atoms with E-state index in [2.05, 4.69) is 58.9 Å². The predicted octanol–water partition coefficient (Wildman–Crippen LogP) is 3.47. The van der Waals surface area contributed by atoms with Crippen LogP contribution in [0.1, 0.15) is 57.2 Å². The molecule has 7 nitrogen and oxygen atoms in total. The number of carbonyl (C=O) groups is 2. The highest BCUT2D eigenvalue weighted by molar-refractivity contribution is 5.76. The number of rotatable bonds is 6. The summed E-state index contributed by atoms with van der Waals surface area (Å²) < 4.78 is 0. The van der Waals surface area contributed by atoms with Crippen LogP contribution in [0.5, 0.6) is 0 Å². The van der Waals surface area contributed by atoms with E-state index in [1.165, 1.54) is 24.8 Å². The van der Waals surface area contributed by atoms with E-state index in [9.17, 15) is 14.7 Å². The molecule has 1 aliphatic heterocycles. The van der Waals surface area contributed by atoms with Crippen molar-refractivity contribution in [2.75, 3.05) is 32.7 Å². The quantitative estimate of drug-likeness (QED) is 0.431. The van der Waals surface area contributed by atoms with Gasteiger partial charge in [0.15, 0.2) is 0 Å². The van der Waals surface area contributed by atoms with Crippen molar-refractivity contribution in [1.82, 2.24) is 15.5 Å². The van der Waals surface area contributed by atoms with Crippen LogP contribution in [-0.4, -0.2) is 66.7 Å². The summed E-state index contributed by atoms with van der Waals surface area (Å²) in [5.41, 5.74) is 9.53. The number of primary amides is 1. The fourth-order valence-electron chi connectivity index (χ4n) is 4.02. The number of piperazine rings is 1. The zero-order chi connectivity index (χ0) is 28.4. The molecule has 0 saturated carbocycles. The van der Waals surface area contributed by atoms with Gasteiger partial charge in [0.1, 0.15) is 0 Å². The highest BCUT2D eigenvalue weighted by atomic mass is 16.3. The molecule has 2 unspecified atom stereocenters. The topological polar surface area (TPSA) is 108 Å². The minimum absolute atomic E-state index is 0.0677. The number of amides is 2. The minimum atomic E-state index is -0.453. The van der Waals surface area contributed by atoms with Gasteiger partial charge in [0.05, 0.1) is 6.10 Å². The van der Waals surface area contributed by atoms with E-state index < -0.39 is 6.10 Å². The second kappa shape index (κ2) is 18.5. The van der Waals surface area contributed by atoms with E-state index in [-0.39, 0.29) is 17.4 Å². The fraction of sp³-hybridized carbons (Fsp3) is 0.548. The Morgan fingerprint density at radius 3 is 1.97 bits per heavy atom. The molecule has 0 bridgehead atoms. The van der Waals surface area contributed by atoms with Crippen molar-refractivity contribution in [3.8, 4) is 0 Å². The van der Waals surface area contributed by atoms with Crippen LogP contribution in [0.2, 0.25) is 0 Å². The highest BCUT2D eigenvalue weighted by Crippen LogP contribution is 2.20. The van der Waals surface area contributed by atoms with Crippen LogP contribution in [-0.2, 0) is 22.4 Å². The molecule has 5 N–H and O–H groups in total. The number of nitrogens with one attached hydrogen (secondary N) is 2. The number of β-amino-alcohol motifs (C(OH)–C–C–N with tert-alkyl or cyclic N) is 1. The number of hydrogen-bond acceptors (Lipinski definition) is 5. The smallest absolute Gasteiger partial charge is 0.220 e. The maximum absolute atomic E-state index is 10.8. The number of nitrogens with two attached hydrogens (primary N) is 1.